The number of rotatable bonds is 12. The highest BCUT2D eigenvalue weighted by Crippen LogP contribution is 2.30. The number of hydrogen-bond donors (Lipinski definition) is 4. The van der Waals surface area contributed by atoms with Gasteiger partial charge in [0.05, 0.1) is 15.5 Å². The summed E-state index contributed by atoms with van der Waals surface area (Å²) < 4.78 is 126. The van der Waals surface area contributed by atoms with Crippen LogP contribution in [-0.4, -0.2) is 79.2 Å². The topological polar surface area (TPSA) is 203 Å². The van der Waals surface area contributed by atoms with Gasteiger partial charge >= 0.3 is 19.8 Å². The lowest BCUT2D eigenvalue weighted by molar-refractivity contribution is -0.275. The van der Waals surface area contributed by atoms with E-state index in [2.05, 4.69) is 40.0 Å². The number of halogens is 7. The molecule has 2 heterocycles. The summed E-state index contributed by atoms with van der Waals surface area (Å²) >= 11 is 6.08. The van der Waals surface area contributed by atoms with Gasteiger partial charge in [-0.1, -0.05) is 84.4 Å². The molecule has 0 unspecified atom stereocenters. The third kappa shape index (κ3) is 16.8. The summed E-state index contributed by atoms with van der Waals surface area (Å²) in [5.41, 5.74) is 4.04. The van der Waals surface area contributed by atoms with Crippen LogP contribution >= 0.6 is 11.6 Å². The molecule has 0 fully saturated rings. The van der Waals surface area contributed by atoms with Crippen molar-refractivity contribution < 1.29 is 62.7 Å². The summed E-state index contributed by atoms with van der Waals surface area (Å²) in [4.78, 5) is 18.2. The molecular weight excluding hydrogens is 1010 g/mol. The number of sulfone groups is 2. The molecule has 0 aliphatic carbocycles. The first kappa shape index (κ1) is 53.8. The third-order valence-corrected chi connectivity index (χ3v) is 11.8. The van der Waals surface area contributed by atoms with E-state index in [-0.39, 0.29) is 21.0 Å². The quantitative estimate of drug-likeness (QED) is 0.0511. The van der Waals surface area contributed by atoms with Crippen molar-refractivity contribution in [1.29, 1.82) is 0 Å². The third-order valence-electron chi connectivity index (χ3n) is 9.39. The molecule has 0 saturated carbocycles. The Hall–Kier alpha value is -7.57. The molecule has 72 heavy (non-hydrogen) atoms. The summed E-state index contributed by atoms with van der Waals surface area (Å²) in [6, 6.07) is 44.2. The van der Waals surface area contributed by atoms with E-state index in [0.717, 1.165) is 41.6 Å². The largest absolute Gasteiger partial charge is 0.573 e. The molecule has 0 amide bonds. The van der Waals surface area contributed by atoms with Crippen molar-refractivity contribution >= 4 is 66.9 Å². The van der Waals surface area contributed by atoms with Crippen molar-refractivity contribution in [3.63, 3.8) is 0 Å². The summed E-state index contributed by atoms with van der Waals surface area (Å²) in [6.07, 6.45) is -7.21. The highest BCUT2D eigenvalue weighted by atomic mass is 35.5. The van der Waals surface area contributed by atoms with Crippen LogP contribution in [0.15, 0.2) is 180 Å². The van der Waals surface area contributed by atoms with Crippen molar-refractivity contribution in [2.45, 2.75) is 22.5 Å². The number of benzene rings is 6. The van der Waals surface area contributed by atoms with Gasteiger partial charge in [-0.3, -0.25) is 0 Å². The molecule has 8 rings (SSSR count). The molecule has 0 radical (unpaired) electrons. The molecule has 0 atom stereocenters. The van der Waals surface area contributed by atoms with Gasteiger partial charge in [0.2, 0.25) is 0 Å². The van der Waals surface area contributed by atoms with E-state index >= 15 is 0 Å². The van der Waals surface area contributed by atoms with Crippen molar-refractivity contribution in [2.24, 2.45) is 0 Å². The average molecular weight is 1050 g/mol. The summed E-state index contributed by atoms with van der Waals surface area (Å²) in [6.45, 7) is 0. The fraction of sp³-hybridized carbons (Fsp3) is 0.0833. The van der Waals surface area contributed by atoms with Gasteiger partial charge in [0.15, 0.2) is 31.3 Å². The Morgan fingerprint density at radius 1 is 0.500 bits per heavy atom. The minimum absolute atomic E-state index is 0.0968. The zero-order valence-electron chi connectivity index (χ0n) is 37.3. The summed E-state index contributed by atoms with van der Waals surface area (Å²) in [5, 5.41) is 23.8. The molecule has 24 heteroatoms. The lowest BCUT2D eigenvalue weighted by Gasteiger charge is -2.12. The molecule has 14 nitrogen and oxygen atoms in total. The zero-order valence-corrected chi connectivity index (χ0v) is 39.7. The maximum atomic E-state index is 12.5. The van der Waals surface area contributed by atoms with E-state index in [4.69, 9.17) is 21.6 Å². The zero-order chi connectivity index (χ0) is 52.3. The predicted octanol–water partition coefficient (Wildman–Crippen LogP) is 10.1. The molecule has 372 valence electrons. The number of hydrogen-bond acceptors (Lipinski definition) is 14. The van der Waals surface area contributed by atoms with Crippen molar-refractivity contribution in [1.82, 2.24) is 19.9 Å². The Bertz CT molecular complexity index is 3300. The maximum absolute atomic E-state index is 12.5. The molecular formula is C48H38BClF6N6O8S2. The van der Waals surface area contributed by atoms with Gasteiger partial charge in [-0.2, -0.15) is 0 Å². The molecule has 2 aromatic heterocycles. The highest BCUT2D eigenvalue weighted by molar-refractivity contribution is 7.91. The predicted molar refractivity (Wildman–Crippen MR) is 261 cm³/mol. The van der Waals surface area contributed by atoms with Gasteiger partial charge < -0.3 is 30.2 Å². The van der Waals surface area contributed by atoms with Gasteiger partial charge in [0.25, 0.3) is 0 Å². The van der Waals surface area contributed by atoms with E-state index < -0.39 is 45.3 Å². The number of nitrogens with zero attached hydrogens (tertiary/aromatic N) is 4. The summed E-state index contributed by atoms with van der Waals surface area (Å²) in [7, 11) is -8.24. The van der Waals surface area contributed by atoms with Crippen LogP contribution in [0.1, 0.15) is 0 Å². The van der Waals surface area contributed by atoms with E-state index in [1.165, 1.54) is 42.7 Å². The van der Waals surface area contributed by atoms with Gasteiger partial charge in [0, 0.05) is 52.7 Å². The van der Waals surface area contributed by atoms with Crippen LogP contribution in [0, 0.1) is 0 Å². The van der Waals surface area contributed by atoms with Gasteiger partial charge in [-0.25, -0.2) is 36.8 Å². The number of ether oxygens (including phenoxy) is 2. The first-order valence-electron chi connectivity index (χ1n) is 20.6. The van der Waals surface area contributed by atoms with Crippen LogP contribution in [0.3, 0.4) is 0 Å². The fourth-order valence-electron chi connectivity index (χ4n) is 6.11. The maximum Gasteiger partial charge on any atom is 0.573 e. The average Bonchev–Trinajstić information content (AvgIpc) is 3.31. The summed E-state index contributed by atoms with van der Waals surface area (Å²) in [5.74, 6) is 1.13. The van der Waals surface area contributed by atoms with E-state index in [1.54, 1.807) is 48.5 Å². The van der Waals surface area contributed by atoms with Crippen LogP contribution in [0.2, 0.25) is 5.15 Å². The molecule has 0 saturated heterocycles. The Kier molecular flexibility index (Phi) is 17.3. The van der Waals surface area contributed by atoms with Crippen LogP contribution in [-0.2, 0) is 19.7 Å². The van der Waals surface area contributed by atoms with Crippen molar-refractivity contribution in [2.75, 3.05) is 23.1 Å². The minimum Gasteiger partial charge on any atom is -0.423 e. The molecule has 4 N–H and O–H groups in total. The van der Waals surface area contributed by atoms with Crippen molar-refractivity contribution in [3.05, 3.63) is 175 Å². The highest BCUT2D eigenvalue weighted by Gasteiger charge is 2.32. The minimum atomic E-state index is -4.78. The number of nitrogens with one attached hydrogen (secondary N) is 2. The van der Waals surface area contributed by atoms with Gasteiger partial charge in [-0.05, 0) is 90.4 Å². The first-order valence-corrected chi connectivity index (χ1v) is 24.8. The molecule has 0 bridgehead atoms. The second kappa shape index (κ2) is 23.1. The van der Waals surface area contributed by atoms with Gasteiger partial charge in [0.1, 0.15) is 28.3 Å². The van der Waals surface area contributed by atoms with Crippen LogP contribution in [0.25, 0.3) is 34.0 Å². The monoisotopic (exact) mass is 1050 g/mol. The second-order valence-electron chi connectivity index (χ2n) is 15.0. The number of aromatic nitrogens is 4. The van der Waals surface area contributed by atoms with Crippen molar-refractivity contribution in [3.8, 4) is 45.5 Å². The van der Waals surface area contributed by atoms with E-state index in [1.807, 2.05) is 60.7 Å². The van der Waals surface area contributed by atoms with Crippen LogP contribution in [0.4, 0.5) is 49.4 Å². The Balaban J connectivity index is 0.000000193. The molecule has 0 aliphatic heterocycles. The standard InChI is InChI=1S/C24H18F3N3O3S.C17H14ClN3O2S.C7H6BF3O3/c1-34(31,32)20-13-9-18(10-14-20)28-22-15-21(29-23(30-22)17-5-3-2-4-6-17)16-7-11-19(12-8-16)33-24(25,26)27;1-24(22,23)14-9-7-13(8-10-14)19-16-11-15(18)20-17(21-16)12-5-3-2-4-6-12;9-7(10,11)14-6-3-1-5(2-4-6)8(12)13/h2-15H,1H3,(H,28,29,30);2-11H,1H3,(H,19,20,21);1-4,12-13H. The normalized spacial score (nSPS) is 11.5. The Morgan fingerprint density at radius 3 is 1.28 bits per heavy atom. The lowest BCUT2D eigenvalue weighted by Crippen LogP contribution is -2.29. The lowest BCUT2D eigenvalue weighted by atomic mass is 9.80. The molecule has 0 spiro atoms. The Morgan fingerprint density at radius 2 is 0.889 bits per heavy atom. The number of alkyl halides is 6. The van der Waals surface area contributed by atoms with Gasteiger partial charge in [-0.15, -0.1) is 26.3 Å². The Labute approximate surface area is 414 Å². The second-order valence-corrected chi connectivity index (χ2v) is 19.4. The van der Waals surface area contributed by atoms with E-state index in [0.29, 0.717) is 51.1 Å². The SMILES string of the molecule is CS(=O)(=O)c1ccc(Nc2cc(-c3ccc(OC(F)(F)F)cc3)nc(-c3ccccc3)n2)cc1.CS(=O)(=O)c1ccc(Nc2cc(Cl)nc(-c3ccccc3)n2)cc1.OB(O)c1ccc(OC(F)(F)F)cc1. The molecule has 6 aromatic carbocycles. The van der Waals surface area contributed by atoms with Crippen LogP contribution < -0.4 is 25.6 Å². The molecule has 8 aromatic rings. The number of anilines is 4. The van der Waals surface area contributed by atoms with Crippen LogP contribution in [0.5, 0.6) is 11.5 Å². The van der Waals surface area contributed by atoms with E-state index in [9.17, 15) is 43.2 Å². The first-order chi connectivity index (χ1) is 33.9. The molecule has 0 aliphatic rings. The smallest absolute Gasteiger partial charge is 0.423 e. The fourth-order valence-corrected chi connectivity index (χ4v) is 7.55.